The highest BCUT2D eigenvalue weighted by atomic mass is 35.5. The zero-order valence-corrected chi connectivity index (χ0v) is 17.3. The van der Waals surface area contributed by atoms with Gasteiger partial charge in [-0.3, -0.25) is 9.36 Å². The van der Waals surface area contributed by atoms with E-state index >= 15 is 0 Å². The van der Waals surface area contributed by atoms with E-state index in [0.29, 0.717) is 32.6 Å². The minimum absolute atomic E-state index is 0.158. The molecule has 146 valence electrons. The molecule has 0 atom stereocenters. The van der Waals surface area contributed by atoms with Gasteiger partial charge < -0.3 is 4.52 Å². The molecule has 0 N–H and O–H groups in total. The van der Waals surface area contributed by atoms with E-state index in [1.165, 1.54) is 5.56 Å². The number of benzene rings is 2. The molecule has 0 aliphatic heterocycles. The second-order valence-corrected chi connectivity index (χ2v) is 8.16. The van der Waals surface area contributed by atoms with Crippen molar-refractivity contribution in [1.82, 2.24) is 9.72 Å². The fourth-order valence-corrected chi connectivity index (χ4v) is 4.93. The first-order chi connectivity index (χ1) is 14.1. The first-order valence-corrected chi connectivity index (χ1v) is 10.4. The van der Waals surface area contributed by atoms with Gasteiger partial charge in [-0.2, -0.15) is 0 Å². The van der Waals surface area contributed by atoms with Crippen LogP contribution in [0.1, 0.15) is 40.2 Å². The highest BCUT2D eigenvalue weighted by Gasteiger charge is 2.30. The maximum absolute atomic E-state index is 13.9. The van der Waals surface area contributed by atoms with Crippen LogP contribution in [0, 0.1) is 6.92 Å². The van der Waals surface area contributed by atoms with Crippen LogP contribution in [0.4, 0.5) is 0 Å². The van der Waals surface area contributed by atoms with E-state index in [-0.39, 0.29) is 5.91 Å². The van der Waals surface area contributed by atoms with Gasteiger partial charge in [0.25, 0.3) is 5.91 Å². The molecule has 0 saturated heterocycles. The molecule has 0 unspecified atom stereocenters. The van der Waals surface area contributed by atoms with Crippen LogP contribution in [0.25, 0.3) is 22.2 Å². The largest absolute Gasteiger partial charge is 0.360 e. The molecule has 5 rings (SSSR count). The fraction of sp³-hybridized carbons (Fsp3) is 0.217. The lowest BCUT2D eigenvalue weighted by molar-refractivity contribution is 0.0960. The molecule has 4 nitrogen and oxygen atoms in total. The van der Waals surface area contributed by atoms with E-state index in [4.69, 9.17) is 27.7 Å². The van der Waals surface area contributed by atoms with Gasteiger partial charge in [-0.05, 0) is 56.4 Å². The van der Waals surface area contributed by atoms with Gasteiger partial charge in [0.15, 0.2) is 0 Å². The molecule has 0 fully saturated rings. The van der Waals surface area contributed by atoms with Crippen LogP contribution < -0.4 is 0 Å². The Morgan fingerprint density at radius 2 is 1.76 bits per heavy atom. The standard InChI is InChI=1S/C23H18Cl2N2O2/c1-13-20(22(26-29-13)21-16(24)9-6-10-17(21)25)23(28)27-18-11-4-2-7-14(18)15-8-3-5-12-19(15)27/h2,4,6-7,9-11H,3,5,8,12H2,1H3. The average molecular weight is 425 g/mol. The molecule has 0 saturated carbocycles. The Balaban J connectivity index is 1.76. The molecule has 2 aromatic carbocycles. The maximum atomic E-state index is 13.9. The van der Waals surface area contributed by atoms with E-state index in [0.717, 1.165) is 42.3 Å². The minimum atomic E-state index is -0.158. The van der Waals surface area contributed by atoms with Crippen molar-refractivity contribution in [2.45, 2.75) is 32.6 Å². The van der Waals surface area contributed by atoms with E-state index < -0.39 is 0 Å². The van der Waals surface area contributed by atoms with Gasteiger partial charge in [-0.25, -0.2) is 0 Å². The molecule has 2 heterocycles. The van der Waals surface area contributed by atoms with Crippen molar-refractivity contribution >= 4 is 40.0 Å². The van der Waals surface area contributed by atoms with Gasteiger partial charge in [0.1, 0.15) is 17.0 Å². The maximum Gasteiger partial charge on any atom is 0.268 e. The summed E-state index contributed by atoms with van der Waals surface area (Å²) in [6, 6.07) is 13.3. The predicted octanol–water partition coefficient (Wildman–Crippen LogP) is 6.48. The van der Waals surface area contributed by atoms with Gasteiger partial charge in [-0.1, -0.05) is 52.6 Å². The highest BCUT2D eigenvalue weighted by molar-refractivity contribution is 6.39. The smallest absolute Gasteiger partial charge is 0.268 e. The number of hydrogen-bond acceptors (Lipinski definition) is 3. The first kappa shape index (κ1) is 18.5. The Bertz CT molecular complexity index is 1250. The van der Waals surface area contributed by atoms with Crippen molar-refractivity contribution < 1.29 is 9.32 Å². The summed E-state index contributed by atoms with van der Waals surface area (Å²) in [4.78, 5) is 13.9. The zero-order chi connectivity index (χ0) is 20.1. The van der Waals surface area contributed by atoms with Crippen LogP contribution in [0.5, 0.6) is 0 Å². The molecular weight excluding hydrogens is 407 g/mol. The number of aromatic nitrogens is 2. The molecule has 0 radical (unpaired) electrons. The Morgan fingerprint density at radius 3 is 2.55 bits per heavy atom. The average Bonchev–Trinajstić information content (AvgIpc) is 3.26. The molecule has 0 bridgehead atoms. The summed E-state index contributed by atoms with van der Waals surface area (Å²) >= 11 is 12.8. The third-order valence-corrected chi connectivity index (χ3v) is 6.29. The monoisotopic (exact) mass is 424 g/mol. The lowest BCUT2D eigenvalue weighted by Crippen LogP contribution is -2.18. The Kier molecular flexibility index (Phi) is 4.49. The highest BCUT2D eigenvalue weighted by Crippen LogP contribution is 2.39. The van der Waals surface area contributed by atoms with Crippen molar-refractivity contribution in [2.24, 2.45) is 0 Å². The number of carbonyl (C=O) groups is 1. The summed E-state index contributed by atoms with van der Waals surface area (Å²) < 4.78 is 7.26. The van der Waals surface area contributed by atoms with Gasteiger partial charge in [-0.15, -0.1) is 0 Å². The van der Waals surface area contributed by atoms with Gasteiger partial charge in [0.2, 0.25) is 0 Å². The first-order valence-electron chi connectivity index (χ1n) is 9.64. The molecule has 4 aromatic rings. The summed E-state index contributed by atoms with van der Waals surface area (Å²) in [5, 5.41) is 6.15. The Hall–Kier alpha value is -2.56. The van der Waals surface area contributed by atoms with Crippen LogP contribution >= 0.6 is 23.2 Å². The summed E-state index contributed by atoms with van der Waals surface area (Å²) in [6.45, 7) is 1.74. The number of rotatable bonds is 2. The Labute approximate surface area is 178 Å². The molecule has 2 aromatic heterocycles. The summed E-state index contributed by atoms with van der Waals surface area (Å²) in [5.74, 6) is 0.289. The molecule has 29 heavy (non-hydrogen) atoms. The number of hydrogen-bond donors (Lipinski definition) is 0. The van der Waals surface area contributed by atoms with Gasteiger partial charge >= 0.3 is 0 Å². The van der Waals surface area contributed by atoms with E-state index in [1.807, 2.05) is 22.8 Å². The number of aryl methyl sites for hydroxylation is 2. The van der Waals surface area contributed by atoms with Crippen LogP contribution in [0.3, 0.4) is 0 Å². The van der Waals surface area contributed by atoms with Crippen molar-refractivity contribution in [3.63, 3.8) is 0 Å². The Morgan fingerprint density at radius 1 is 1.03 bits per heavy atom. The SMILES string of the molecule is Cc1onc(-c2c(Cl)cccc2Cl)c1C(=O)n1c2c(c3ccccc31)CCCC2. The lowest BCUT2D eigenvalue weighted by Gasteiger charge is -2.15. The topological polar surface area (TPSA) is 48.0 Å². The van der Waals surface area contributed by atoms with Crippen molar-refractivity contribution in [3.05, 3.63) is 75.1 Å². The van der Waals surface area contributed by atoms with Crippen molar-refractivity contribution in [1.29, 1.82) is 0 Å². The van der Waals surface area contributed by atoms with Crippen LogP contribution in [-0.2, 0) is 12.8 Å². The second-order valence-electron chi connectivity index (χ2n) is 7.35. The zero-order valence-electron chi connectivity index (χ0n) is 15.8. The fourth-order valence-electron chi connectivity index (χ4n) is 4.36. The number of para-hydroxylation sites is 1. The second kappa shape index (κ2) is 7.05. The summed E-state index contributed by atoms with van der Waals surface area (Å²) in [7, 11) is 0. The van der Waals surface area contributed by atoms with Crippen LogP contribution in [0.15, 0.2) is 47.0 Å². The normalized spacial score (nSPS) is 13.6. The molecule has 6 heteroatoms. The number of halogens is 2. The van der Waals surface area contributed by atoms with Crippen LogP contribution in [0.2, 0.25) is 10.0 Å². The van der Waals surface area contributed by atoms with Crippen molar-refractivity contribution in [2.75, 3.05) is 0 Å². The summed E-state index contributed by atoms with van der Waals surface area (Å²) in [5.41, 5.74) is 4.56. The summed E-state index contributed by atoms with van der Waals surface area (Å²) in [6.07, 6.45) is 4.08. The third-order valence-electron chi connectivity index (χ3n) is 5.66. The lowest BCUT2D eigenvalue weighted by atomic mass is 9.95. The van der Waals surface area contributed by atoms with Crippen molar-refractivity contribution in [3.8, 4) is 11.3 Å². The predicted molar refractivity (Wildman–Crippen MR) is 115 cm³/mol. The minimum Gasteiger partial charge on any atom is -0.360 e. The quantitative estimate of drug-likeness (QED) is 0.369. The van der Waals surface area contributed by atoms with E-state index in [9.17, 15) is 4.79 Å². The van der Waals surface area contributed by atoms with Gasteiger partial charge in [0, 0.05) is 16.6 Å². The van der Waals surface area contributed by atoms with Gasteiger partial charge in [0.05, 0.1) is 15.6 Å². The van der Waals surface area contributed by atoms with E-state index in [2.05, 4.69) is 11.2 Å². The molecule has 0 amide bonds. The molecule has 1 aliphatic carbocycles. The van der Waals surface area contributed by atoms with E-state index in [1.54, 1.807) is 25.1 Å². The molecular formula is C23H18Cl2N2O2. The third kappa shape index (κ3) is 2.82. The number of fused-ring (bicyclic) bond motifs is 3. The number of carbonyl (C=O) groups excluding carboxylic acids is 1. The molecule has 1 aliphatic rings. The number of nitrogens with zero attached hydrogens (tertiary/aromatic N) is 2. The molecule has 0 spiro atoms. The van der Waals surface area contributed by atoms with Crippen LogP contribution in [-0.4, -0.2) is 15.6 Å².